The average molecular weight is 402 g/mol. The molecule has 0 fully saturated rings. The maximum absolute atomic E-state index is 11.5. The Hall–Kier alpha value is -3.49. The van der Waals surface area contributed by atoms with Gasteiger partial charge in [0, 0.05) is 23.6 Å². The van der Waals surface area contributed by atoms with Crippen LogP contribution in [0.15, 0.2) is 77.8 Å². The molecule has 8 heteroatoms. The third-order valence-electron chi connectivity index (χ3n) is 4.49. The molecule has 0 saturated heterocycles. The first kappa shape index (κ1) is 18.9. The predicted octanol–water partition coefficient (Wildman–Crippen LogP) is 2.63. The van der Waals surface area contributed by atoms with Gasteiger partial charge in [-0.05, 0) is 48.0 Å². The molecule has 2 aromatic heterocycles. The zero-order valence-electron chi connectivity index (χ0n) is 15.4. The van der Waals surface area contributed by atoms with Crippen molar-refractivity contribution in [3.63, 3.8) is 0 Å². The largest absolute Gasteiger partial charge is 0.286 e. The summed E-state index contributed by atoms with van der Waals surface area (Å²) in [6.07, 6.45) is 2.07. The third-order valence-corrected chi connectivity index (χ3v) is 5.21. The lowest BCUT2D eigenvalue weighted by Crippen LogP contribution is -2.30. The fourth-order valence-corrected chi connectivity index (χ4v) is 3.52. The zero-order valence-corrected chi connectivity index (χ0v) is 16.2. The maximum Gasteiger partial charge on any atom is 0.148 e. The fraction of sp³-hybridized carbons (Fsp3) is 0.0476. The maximum atomic E-state index is 11.5. The van der Waals surface area contributed by atoms with E-state index in [1.165, 1.54) is 4.68 Å². The number of hydrogen-bond acceptors (Lipinski definition) is 5. The molecule has 1 atom stereocenters. The summed E-state index contributed by atoms with van der Waals surface area (Å²) in [6, 6.07) is 20.0. The minimum Gasteiger partial charge on any atom is -0.286 e. The number of fused-ring (bicyclic) bond motifs is 1. The van der Waals surface area contributed by atoms with E-state index in [-0.39, 0.29) is 11.3 Å². The van der Waals surface area contributed by atoms with Crippen LogP contribution >= 0.6 is 0 Å². The van der Waals surface area contributed by atoms with Gasteiger partial charge in [-0.3, -0.25) is 15.8 Å². The number of aromatic nitrogens is 3. The van der Waals surface area contributed by atoms with Gasteiger partial charge in [0.2, 0.25) is 0 Å². The topological polar surface area (TPSA) is 122 Å². The Kier molecular flexibility index (Phi) is 5.11. The summed E-state index contributed by atoms with van der Waals surface area (Å²) in [6.45, 7) is 0. The lowest BCUT2D eigenvalue weighted by Gasteiger charge is -2.11. The average Bonchev–Trinajstić information content (AvgIpc) is 2.74. The van der Waals surface area contributed by atoms with E-state index in [2.05, 4.69) is 10.1 Å². The third kappa shape index (κ3) is 4.03. The Morgan fingerprint density at radius 3 is 2.76 bits per heavy atom. The summed E-state index contributed by atoms with van der Waals surface area (Å²) in [5.41, 5.74) is 3.24. The van der Waals surface area contributed by atoms with Crippen LogP contribution in [0.1, 0.15) is 5.56 Å². The van der Waals surface area contributed by atoms with Crippen molar-refractivity contribution in [1.29, 1.82) is 10.8 Å². The number of hydrogen-bond donors (Lipinski definition) is 3. The summed E-state index contributed by atoms with van der Waals surface area (Å²) in [5, 5.41) is 27.6. The van der Waals surface area contributed by atoms with E-state index in [0.717, 1.165) is 22.0 Å². The van der Waals surface area contributed by atoms with E-state index >= 15 is 0 Å². The van der Waals surface area contributed by atoms with Gasteiger partial charge >= 0.3 is 0 Å². The number of pyridine rings is 1. The molecule has 0 aliphatic heterocycles. The molecule has 2 heterocycles. The monoisotopic (exact) mass is 402 g/mol. The summed E-state index contributed by atoms with van der Waals surface area (Å²) in [5.74, 6) is 0.179. The molecule has 144 valence electrons. The molecule has 0 aliphatic carbocycles. The first-order chi connectivity index (χ1) is 14.0. The fourth-order valence-electron chi connectivity index (χ4n) is 3.07. The van der Waals surface area contributed by atoms with Gasteiger partial charge in [0.05, 0.1) is 16.1 Å². The first-order valence-corrected chi connectivity index (χ1v) is 10.1. The standard InChI is InChI=1S/C21H18N6OS/c22-20-9-8-19(16-3-1-5-17(13-16)29(24)28)26-27(20)21(23)12-14-6-7-18-15(11-14)4-2-10-25-18/h1-11,13,22-23H,12,24H2. The van der Waals surface area contributed by atoms with E-state index in [4.69, 9.17) is 16.0 Å². The van der Waals surface area contributed by atoms with Gasteiger partial charge in [-0.1, -0.05) is 24.3 Å². The van der Waals surface area contributed by atoms with Crippen LogP contribution in [-0.2, 0) is 17.4 Å². The van der Waals surface area contributed by atoms with Gasteiger partial charge in [0.15, 0.2) is 0 Å². The summed E-state index contributed by atoms with van der Waals surface area (Å²) < 4.78 is 12.8. The lowest BCUT2D eigenvalue weighted by atomic mass is 10.1. The molecular weight excluding hydrogens is 384 g/mol. The Morgan fingerprint density at radius 2 is 1.93 bits per heavy atom. The Balaban J connectivity index is 1.66. The molecule has 0 aliphatic rings. The van der Waals surface area contributed by atoms with Crippen LogP contribution in [0.25, 0.3) is 22.2 Å². The van der Waals surface area contributed by atoms with Crippen molar-refractivity contribution in [2.24, 2.45) is 5.14 Å². The second-order valence-electron chi connectivity index (χ2n) is 6.49. The molecule has 4 aromatic rings. The number of benzene rings is 2. The van der Waals surface area contributed by atoms with E-state index in [1.54, 1.807) is 36.5 Å². The smallest absolute Gasteiger partial charge is 0.148 e. The van der Waals surface area contributed by atoms with Crippen molar-refractivity contribution in [3.05, 3.63) is 84.0 Å². The predicted molar refractivity (Wildman–Crippen MR) is 113 cm³/mol. The van der Waals surface area contributed by atoms with E-state index < -0.39 is 11.0 Å². The van der Waals surface area contributed by atoms with Crippen LogP contribution < -0.4 is 10.6 Å². The van der Waals surface area contributed by atoms with Crippen LogP contribution in [0, 0.1) is 10.8 Å². The Morgan fingerprint density at radius 1 is 1.07 bits per heavy atom. The highest BCUT2D eigenvalue weighted by Crippen LogP contribution is 2.18. The normalized spacial score (nSPS) is 12.0. The molecule has 0 bridgehead atoms. The molecular formula is C21H18N6OS. The number of rotatable bonds is 4. The summed E-state index contributed by atoms with van der Waals surface area (Å²) in [7, 11) is -1.59. The van der Waals surface area contributed by atoms with E-state index in [0.29, 0.717) is 17.0 Å². The van der Waals surface area contributed by atoms with Crippen molar-refractivity contribution >= 4 is 27.7 Å². The van der Waals surface area contributed by atoms with Crippen LogP contribution in [0.2, 0.25) is 0 Å². The van der Waals surface area contributed by atoms with Gasteiger partial charge in [-0.25, -0.2) is 14.0 Å². The number of nitrogens with zero attached hydrogens (tertiary/aromatic N) is 3. The van der Waals surface area contributed by atoms with E-state index in [9.17, 15) is 4.21 Å². The van der Waals surface area contributed by atoms with Gasteiger partial charge < -0.3 is 0 Å². The molecule has 4 N–H and O–H groups in total. The number of nitrogens with one attached hydrogen (secondary N) is 2. The van der Waals surface area contributed by atoms with Gasteiger partial charge in [0.25, 0.3) is 0 Å². The lowest BCUT2D eigenvalue weighted by molar-refractivity contribution is 0.684. The molecule has 0 amide bonds. The Bertz CT molecular complexity index is 1310. The molecule has 29 heavy (non-hydrogen) atoms. The van der Waals surface area contributed by atoms with Gasteiger partial charge in [-0.15, -0.1) is 0 Å². The molecule has 0 radical (unpaired) electrons. The van der Waals surface area contributed by atoms with Crippen molar-refractivity contribution in [1.82, 2.24) is 14.8 Å². The van der Waals surface area contributed by atoms with E-state index in [1.807, 2.05) is 36.4 Å². The van der Waals surface area contributed by atoms with Crippen LogP contribution in [0.5, 0.6) is 0 Å². The summed E-state index contributed by atoms with van der Waals surface area (Å²) >= 11 is 0. The van der Waals surface area contributed by atoms with Crippen LogP contribution in [0.4, 0.5) is 0 Å². The highest BCUT2D eigenvalue weighted by molar-refractivity contribution is 7.82. The highest BCUT2D eigenvalue weighted by atomic mass is 32.2. The summed E-state index contributed by atoms with van der Waals surface area (Å²) in [4.78, 5) is 4.80. The Labute approximate surface area is 169 Å². The molecule has 1 unspecified atom stereocenters. The quantitative estimate of drug-likeness (QED) is 0.359. The zero-order chi connectivity index (χ0) is 20.4. The minimum atomic E-state index is -1.59. The van der Waals surface area contributed by atoms with Crippen molar-refractivity contribution in [2.75, 3.05) is 0 Å². The van der Waals surface area contributed by atoms with Crippen molar-refractivity contribution in [2.45, 2.75) is 11.3 Å². The molecule has 0 saturated carbocycles. The van der Waals surface area contributed by atoms with Crippen LogP contribution in [0.3, 0.4) is 0 Å². The SMILES string of the molecule is N=C(Cc1ccc2ncccc2c1)n1nc(-c2cccc(S(N)=O)c2)ccc1=N. The first-order valence-electron chi connectivity index (χ1n) is 8.84. The minimum absolute atomic E-state index is 0.111. The second kappa shape index (κ2) is 7.86. The molecule has 4 rings (SSSR count). The highest BCUT2D eigenvalue weighted by Gasteiger charge is 2.09. The van der Waals surface area contributed by atoms with Crippen molar-refractivity contribution < 1.29 is 4.21 Å². The number of nitrogens with two attached hydrogens (primary N) is 1. The van der Waals surface area contributed by atoms with Crippen LogP contribution in [-0.4, -0.2) is 24.8 Å². The molecule has 7 nitrogen and oxygen atoms in total. The second-order valence-corrected chi connectivity index (χ2v) is 7.56. The van der Waals surface area contributed by atoms with Gasteiger partial charge in [0.1, 0.15) is 22.3 Å². The van der Waals surface area contributed by atoms with Crippen molar-refractivity contribution in [3.8, 4) is 11.3 Å². The molecule has 0 spiro atoms. The van der Waals surface area contributed by atoms with Gasteiger partial charge in [-0.2, -0.15) is 5.10 Å². The molecule has 2 aromatic carbocycles.